The molecule has 5 rings (SSSR count). The molecule has 2 aromatic carbocycles. The predicted molar refractivity (Wildman–Crippen MR) is 123 cm³/mol. The van der Waals surface area contributed by atoms with E-state index in [-0.39, 0.29) is 17.8 Å². The molecule has 4 aromatic rings. The van der Waals surface area contributed by atoms with E-state index in [1.165, 1.54) is 6.07 Å². The van der Waals surface area contributed by atoms with Gasteiger partial charge in [0, 0.05) is 40.5 Å². The molecule has 0 bridgehead atoms. The van der Waals surface area contributed by atoms with Crippen LogP contribution in [0.3, 0.4) is 0 Å². The number of phenolic OH excluding ortho intramolecular Hbond substituents is 1. The van der Waals surface area contributed by atoms with Crippen LogP contribution in [-0.4, -0.2) is 39.7 Å². The number of ether oxygens (including phenoxy) is 1. The van der Waals surface area contributed by atoms with Gasteiger partial charge in [-0.05, 0) is 60.7 Å². The van der Waals surface area contributed by atoms with E-state index in [9.17, 15) is 24.6 Å². The highest BCUT2D eigenvalue weighted by Gasteiger charge is 2.23. The van der Waals surface area contributed by atoms with E-state index in [0.29, 0.717) is 22.3 Å². The van der Waals surface area contributed by atoms with Crippen molar-refractivity contribution in [3.63, 3.8) is 0 Å². The van der Waals surface area contributed by atoms with Crippen molar-refractivity contribution in [1.82, 2.24) is 10.3 Å². The first-order chi connectivity index (χ1) is 16.4. The molecule has 4 N–H and O–H groups in total. The number of nitrogens with one attached hydrogen (secondary N) is 2. The van der Waals surface area contributed by atoms with Crippen LogP contribution in [0.1, 0.15) is 23.1 Å². The van der Waals surface area contributed by atoms with Crippen LogP contribution in [0.25, 0.3) is 21.9 Å². The summed E-state index contributed by atoms with van der Waals surface area (Å²) in [6.07, 6.45) is 4.14. The lowest BCUT2D eigenvalue weighted by molar-refractivity contribution is -0.142. The fraction of sp³-hybridized carbons (Fsp3) is 0.240. The molecule has 0 saturated carbocycles. The van der Waals surface area contributed by atoms with Crippen LogP contribution in [0.2, 0.25) is 0 Å². The van der Waals surface area contributed by atoms with Crippen molar-refractivity contribution in [2.45, 2.75) is 31.7 Å². The van der Waals surface area contributed by atoms with E-state index >= 15 is 0 Å². The Morgan fingerprint density at radius 3 is 2.76 bits per heavy atom. The molecule has 9 heteroatoms. The van der Waals surface area contributed by atoms with Gasteiger partial charge in [0.15, 0.2) is 6.61 Å². The monoisotopic (exact) mass is 462 g/mol. The van der Waals surface area contributed by atoms with Crippen molar-refractivity contribution < 1.29 is 29.0 Å². The maximum absolute atomic E-state index is 12.4. The van der Waals surface area contributed by atoms with Crippen molar-refractivity contribution in [1.29, 1.82) is 0 Å². The molecule has 2 heterocycles. The Bertz CT molecular complexity index is 1480. The molecular formula is C25H22N2O7. The third-order valence-corrected chi connectivity index (χ3v) is 6.12. The molecule has 1 aliphatic rings. The predicted octanol–water partition coefficient (Wildman–Crippen LogP) is 2.66. The molecule has 9 nitrogen and oxygen atoms in total. The summed E-state index contributed by atoms with van der Waals surface area (Å²) in [5.41, 5.74) is 3.19. The molecule has 2 aromatic heterocycles. The second kappa shape index (κ2) is 8.58. The van der Waals surface area contributed by atoms with Crippen LogP contribution in [-0.2, 0) is 28.9 Å². The second-order valence-corrected chi connectivity index (χ2v) is 8.35. The van der Waals surface area contributed by atoms with Gasteiger partial charge in [-0.3, -0.25) is 4.79 Å². The number of phenols is 1. The number of carbonyl (C=O) groups is 2. The Labute approximate surface area is 193 Å². The number of carboxylic acids is 1. The number of rotatable bonds is 7. The van der Waals surface area contributed by atoms with Gasteiger partial charge in [0.1, 0.15) is 23.1 Å². The van der Waals surface area contributed by atoms with Crippen LogP contribution in [0.4, 0.5) is 0 Å². The second-order valence-electron chi connectivity index (χ2n) is 8.35. The van der Waals surface area contributed by atoms with Gasteiger partial charge in [0.05, 0.1) is 0 Å². The number of amides is 1. The normalized spacial score (nSPS) is 13.6. The van der Waals surface area contributed by atoms with Crippen LogP contribution in [0.5, 0.6) is 11.5 Å². The zero-order valence-electron chi connectivity index (χ0n) is 18.1. The number of benzene rings is 2. The number of hydrogen-bond donors (Lipinski definition) is 4. The quantitative estimate of drug-likeness (QED) is 0.309. The number of carboxylic acid groups (broad SMARTS) is 1. The summed E-state index contributed by atoms with van der Waals surface area (Å²) in [6, 6.07) is 8.64. The van der Waals surface area contributed by atoms with Gasteiger partial charge in [-0.25, -0.2) is 9.59 Å². The molecule has 1 atom stereocenters. The molecular weight excluding hydrogens is 440 g/mol. The maximum atomic E-state index is 12.4. The fourth-order valence-corrected chi connectivity index (χ4v) is 4.49. The SMILES string of the molecule is O=C(COc1ccc2c3c(c(=O)oc2c1)CCC3)N[C@H](Cc1c[nH]c2ccc(O)cc12)C(=O)O. The van der Waals surface area contributed by atoms with Crippen molar-refractivity contribution >= 4 is 33.7 Å². The molecule has 0 fully saturated rings. The van der Waals surface area contributed by atoms with Gasteiger partial charge in [0.25, 0.3) is 5.91 Å². The van der Waals surface area contributed by atoms with Gasteiger partial charge in [0.2, 0.25) is 0 Å². The highest BCUT2D eigenvalue weighted by Crippen LogP contribution is 2.29. The van der Waals surface area contributed by atoms with Crippen LogP contribution in [0, 0.1) is 0 Å². The van der Waals surface area contributed by atoms with Crippen LogP contribution in [0.15, 0.2) is 51.8 Å². The Morgan fingerprint density at radius 1 is 1.12 bits per heavy atom. The van der Waals surface area contributed by atoms with Gasteiger partial charge in [-0.1, -0.05) is 0 Å². The summed E-state index contributed by atoms with van der Waals surface area (Å²) in [5.74, 6) is -1.40. The third-order valence-electron chi connectivity index (χ3n) is 6.12. The average molecular weight is 462 g/mol. The summed E-state index contributed by atoms with van der Waals surface area (Å²) < 4.78 is 10.9. The Balaban J connectivity index is 1.26. The van der Waals surface area contributed by atoms with Crippen LogP contribution < -0.4 is 15.7 Å². The first kappa shape index (κ1) is 21.6. The molecule has 0 spiro atoms. The molecule has 34 heavy (non-hydrogen) atoms. The average Bonchev–Trinajstić information content (AvgIpc) is 3.45. The summed E-state index contributed by atoms with van der Waals surface area (Å²) in [6.45, 7) is -0.404. The molecule has 1 aliphatic carbocycles. The Hall–Kier alpha value is -4.27. The van der Waals surface area contributed by atoms with Gasteiger partial charge < -0.3 is 29.7 Å². The first-order valence-electron chi connectivity index (χ1n) is 10.9. The lowest BCUT2D eigenvalue weighted by Crippen LogP contribution is -2.44. The lowest BCUT2D eigenvalue weighted by Gasteiger charge is -2.15. The van der Waals surface area contributed by atoms with E-state index in [0.717, 1.165) is 41.3 Å². The minimum Gasteiger partial charge on any atom is -0.508 e. The first-order valence-corrected chi connectivity index (χ1v) is 10.9. The van der Waals surface area contributed by atoms with Gasteiger partial charge in [-0.15, -0.1) is 0 Å². The third kappa shape index (κ3) is 4.07. The number of hydrogen-bond acceptors (Lipinski definition) is 6. The van der Waals surface area contributed by atoms with Crippen LogP contribution >= 0.6 is 0 Å². The number of fused-ring (bicyclic) bond motifs is 4. The highest BCUT2D eigenvalue weighted by atomic mass is 16.5. The minimum atomic E-state index is -1.19. The van der Waals surface area contributed by atoms with E-state index in [2.05, 4.69) is 10.3 Å². The summed E-state index contributed by atoms with van der Waals surface area (Å²) >= 11 is 0. The highest BCUT2D eigenvalue weighted by molar-refractivity contribution is 5.88. The summed E-state index contributed by atoms with van der Waals surface area (Å²) in [7, 11) is 0. The van der Waals surface area contributed by atoms with Crippen molar-refractivity contribution in [2.24, 2.45) is 0 Å². The number of aliphatic carboxylic acids is 1. The molecule has 0 radical (unpaired) electrons. The van der Waals surface area contributed by atoms with E-state index in [1.807, 2.05) is 6.07 Å². The molecule has 0 aliphatic heterocycles. The Kier molecular flexibility index (Phi) is 5.45. The standard InChI is InChI=1S/C25H22N2O7/c28-14-4-7-20-19(9-14)13(11-26-20)8-21(24(30)31)27-23(29)12-33-15-5-6-17-16-2-1-3-18(16)25(32)34-22(17)10-15/h4-7,9-11,21,26,28H,1-3,8,12H2,(H,27,29)(H,30,31)/t21-/m1/s1. The number of H-pyrrole nitrogens is 1. The van der Waals surface area contributed by atoms with Gasteiger partial charge >= 0.3 is 11.6 Å². The Morgan fingerprint density at radius 2 is 1.94 bits per heavy atom. The summed E-state index contributed by atoms with van der Waals surface area (Å²) in [5, 5.41) is 23.3. The zero-order valence-corrected chi connectivity index (χ0v) is 18.1. The molecule has 0 unspecified atom stereocenters. The number of aromatic nitrogens is 1. The summed E-state index contributed by atoms with van der Waals surface area (Å²) in [4.78, 5) is 39.4. The minimum absolute atomic E-state index is 0.0246. The van der Waals surface area contributed by atoms with E-state index in [1.54, 1.807) is 30.5 Å². The molecule has 0 saturated heterocycles. The van der Waals surface area contributed by atoms with Gasteiger partial charge in [-0.2, -0.15) is 0 Å². The molecule has 1 amide bonds. The lowest BCUT2D eigenvalue weighted by atomic mass is 10.0. The maximum Gasteiger partial charge on any atom is 0.339 e. The molecule has 174 valence electrons. The van der Waals surface area contributed by atoms with Crippen molar-refractivity contribution in [3.8, 4) is 11.5 Å². The zero-order chi connectivity index (χ0) is 23.8. The van der Waals surface area contributed by atoms with E-state index < -0.39 is 24.5 Å². The largest absolute Gasteiger partial charge is 0.508 e. The smallest absolute Gasteiger partial charge is 0.339 e. The fourth-order valence-electron chi connectivity index (χ4n) is 4.49. The topological polar surface area (TPSA) is 142 Å². The number of aryl methyl sites for hydroxylation is 1. The number of aromatic amines is 1. The number of aromatic hydroxyl groups is 1. The van der Waals surface area contributed by atoms with E-state index in [4.69, 9.17) is 9.15 Å². The van der Waals surface area contributed by atoms with Crippen molar-refractivity contribution in [2.75, 3.05) is 6.61 Å². The number of carbonyl (C=O) groups excluding carboxylic acids is 1. The van der Waals surface area contributed by atoms with Crippen molar-refractivity contribution in [3.05, 3.63) is 69.7 Å².